The summed E-state index contributed by atoms with van der Waals surface area (Å²) in [5, 5.41) is 10.1. The van der Waals surface area contributed by atoms with Gasteiger partial charge >= 0.3 is 0 Å². The molecule has 0 aliphatic heterocycles. The van der Waals surface area contributed by atoms with Gasteiger partial charge in [-0.15, -0.1) is 0 Å². The van der Waals surface area contributed by atoms with E-state index in [9.17, 15) is 18.0 Å². The molecule has 2 rings (SSSR count). The summed E-state index contributed by atoms with van der Waals surface area (Å²) < 4.78 is 28.4. The van der Waals surface area contributed by atoms with E-state index in [0.717, 1.165) is 0 Å². The number of benzene rings is 2. The van der Waals surface area contributed by atoms with Crippen LogP contribution in [0.25, 0.3) is 0 Å². The van der Waals surface area contributed by atoms with Gasteiger partial charge in [0, 0.05) is 14.1 Å². The molecule has 9 nitrogen and oxygen atoms in total. The molecule has 0 spiro atoms. The van der Waals surface area contributed by atoms with Crippen LogP contribution >= 0.6 is 0 Å². The number of nitrogens with one attached hydrogen (secondary N) is 2. The van der Waals surface area contributed by atoms with Crippen LogP contribution in [0.3, 0.4) is 0 Å². The number of rotatable bonds is 8. The number of sulfonamides is 1. The molecule has 4 N–H and O–H groups in total. The zero-order valence-corrected chi connectivity index (χ0v) is 16.3. The summed E-state index contributed by atoms with van der Waals surface area (Å²) in [5.41, 5.74) is 0.843. The lowest BCUT2D eigenvalue weighted by Gasteiger charge is -2.19. The molecule has 0 saturated carbocycles. The smallest absolute Gasteiger partial charge is 0.258 e. The van der Waals surface area contributed by atoms with E-state index in [1.165, 1.54) is 18.2 Å². The molecular weight excluding hydrogens is 384 g/mol. The molecule has 0 unspecified atom stereocenters. The third-order valence-corrected chi connectivity index (χ3v) is 4.52. The molecule has 0 fully saturated rings. The second-order valence-electron chi connectivity index (χ2n) is 6.05. The first-order valence-electron chi connectivity index (χ1n) is 8.25. The molecule has 150 valence electrons. The highest BCUT2D eigenvalue weighted by Crippen LogP contribution is 2.27. The Morgan fingerprint density at radius 3 is 2.36 bits per heavy atom. The number of para-hydroxylation sites is 1. The normalized spacial score (nSPS) is 10.8. The Labute approximate surface area is 163 Å². The number of carbonyl (C=O) groups is 2. The Kier molecular flexibility index (Phi) is 6.96. The van der Waals surface area contributed by atoms with Gasteiger partial charge in [0.2, 0.25) is 15.9 Å². The second kappa shape index (κ2) is 9.20. The predicted molar refractivity (Wildman–Crippen MR) is 106 cm³/mol. The van der Waals surface area contributed by atoms with Crippen LogP contribution in [0.15, 0.2) is 53.4 Å². The molecule has 10 heteroatoms. The highest BCUT2D eigenvalue weighted by Gasteiger charge is 2.15. The van der Waals surface area contributed by atoms with Crippen LogP contribution in [-0.4, -0.2) is 47.5 Å². The van der Waals surface area contributed by atoms with Crippen molar-refractivity contribution in [1.29, 1.82) is 0 Å². The van der Waals surface area contributed by atoms with Gasteiger partial charge in [-0.2, -0.15) is 0 Å². The van der Waals surface area contributed by atoms with Crippen LogP contribution in [0, 0.1) is 0 Å². The Balaban J connectivity index is 1.95. The van der Waals surface area contributed by atoms with Crippen LogP contribution in [0.5, 0.6) is 5.75 Å². The molecule has 0 saturated heterocycles. The van der Waals surface area contributed by atoms with Gasteiger partial charge in [0.15, 0.2) is 6.61 Å². The summed E-state index contributed by atoms with van der Waals surface area (Å²) in [4.78, 5) is 25.5. The second-order valence-corrected chi connectivity index (χ2v) is 7.61. The summed E-state index contributed by atoms with van der Waals surface area (Å²) in [5.74, 6) is -0.453. The van der Waals surface area contributed by atoms with Crippen LogP contribution < -0.4 is 25.4 Å². The number of carbonyl (C=O) groups excluding carboxylic acids is 2. The van der Waals surface area contributed by atoms with Gasteiger partial charge in [-0.05, 0) is 30.3 Å². The third kappa shape index (κ3) is 6.25. The average Bonchev–Trinajstić information content (AvgIpc) is 2.64. The van der Waals surface area contributed by atoms with E-state index >= 15 is 0 Å². The number of anilines is 2. The maximum Gasteiger partial charge on any atom is 0.258 e. The number of amides is 2. The molecule has 2 amide bonds. The van der Waals surface area contributed by atoms with E-state index in [2.05, 4.69) is 10.6 Å². The van der Waals surface area contributed by atoms with Gasteiger partial charge in [0.1, 0.15) is 5.75 Å². The van der Waals surface area contributed by atoms with Gasteiger partial charge in [0.25, 0.3) is 5.91 Å². The van der Waals surface area contributed by atoms with Crippen molar-refractivity contribution in [2.75, 3.05) is 37.5 Å². The van der Waals surface area contributed by atoms with Crippen molar-refractivity contribution in [3.63, 3.8) is 0 Å². The van der Waals surface area contributed by atoms with Crippen molar-refractivity contribution >= 4 is 33.2 Å². The maximum absolute atomic E-state index is 12.2. The van der Waals surface area contributed by atoms with E-state index < -0.39 is 21.8 Å². The van der Waals surface area contributed by atoms with E-state index in [4.69, 9.17) is 9.88 Å². The highest BCUT2D eigenvalue weighted by molar-refractivity contribution is 7.89. The Hall–Kier alpha value is -3.11. The van der Waals surface area contributed by atoms with E-state index in [1.54, 1.807) is 43.3 Å². The predicted octanol–water partition coefficient (Wildman–Crippen LogP) is 0.534. The fourth-order valence-electron chi connectivity index (χ4n) is 2.27. The quantitative estimate of drug-likeness (QED) is 0.586. The molecule has 28 heavy (non-hydrogen) atoms. The summed E-state index contributed by atoms with van der Waals surface area (Å²) >= 11 is 0. The molecule has 0 bridgehead atoms. The van der Waals surface area contributed by atoms with Crippen LogP contribution in [0.4, 0.5) is 11.4 Å². The molecular formula is C18H22N4O5S. The first-order chi connectivity index (χ1) is 13.2. The van der Waals surface area contributed by atoms with E-state index in [1.807, 2.05) is 6.07 Å². The summed E-state index contributed by atoms with van der Waals surface area (Å²) in [6.45, 7) is -0.537. The fourth-order valence-corrected chi connectivity index (χ4v) is 2.81. The number of primary sulfonamides is 1. The minimum absolute atomic E-state index is 0.131. The van der Waals surface area contributed by atoms with E-state index in [0.29, 0.717) is 11.4 Å². The molecule has 0 radical (unpaired) electrons. The van der Waals surface area contributed by atoms with Gasteiger partial charge in [-0.1, -0.05) is 18.2 Å². The van der Waals surface area contributed by atoms with Crippen LogP contribution in [0.1, 0.15) is 0 Å². The minimum atomic E-state index is -3.92. The standard InChI is InChI=1S/C18H22N4O5S/c1-22(2)16-9-8-14(28(19,25)26)10-15(16)21-17(23)11-20-18(24)12-27-13-6-4-3-5-7-13/h3-10H,11-12H2,1-2H3,(H,20,24)(H,21,23)(H2,19,25,26). The van der Waals surface area contributed by atoms with Gasteiger partial charge in [-0.25, -0.2) is 13.6 Å². The molecule has 0 aromatic heterocycles. The molecule has 0 aliphatic carbocycles. The summed E-state index contributed by atoms with van der Waals surface area (Å²) in [7, 11) is -0.438. The van der Waals surface area contributed by atoms with Crippen molar-refractivity contribution < 1.29 is 22.7 Å². The number of hydrogen-bond donors (Lipinski definition) is 3. The lowest BCUT2D eigenvalue weighted by atomic mass is 10.2. The molecule has 0 atom stereocenters. The monoisotopic (exact) mass is 406 g/mol. The van der Waals surface area contributed by atoms with E-state index in [-0.39, 0.29) is 23.7 Å². The van der Waals surface area contributed by atoms with Gasteiger partial charge in [-0.3, -0.25) is 9.59 Å². The largest absolute Gasteiger partial charge is 0.484 e. The van der Waals surface area contributed by atoms with Gasteiger partial charge < -0.3 is 20.3 Å². The number of hydrogen-bond acceptors (Lipinski definition) is 6. The summed E-state index contributed by atoms with van der Waals surface area (Å²) in [6.07, 6.45) is 0. The highest BCUT2D eigenvalue weighted by atomic mass is 32.2. The van der Waals surface area contributed by atoms with Crippen LogP contribution in [-0.2, 0) is 19.6 Å². The SMILES string of the molecule is CN(C)c1ccc(S(N)(=O)=O)cc1NC(=O)CNC(=O)COc1ccccc1. The van der Waals surface area contributed by atoms with Crippen LogP contribution in [0.2, 0.25) is 0 Å². The van der Waals surface area contributed by atoms with Gasteiger partial charge in [0.05, 0.1) is 22.8 Å². The topological polar surface area (TPSA) is 131 Å². The fraction of sp³-hybridized carbons (Fsp3) is 0.222. The molecule has 2 aromatic carbocycles. The number of nitrogens with two attached hydrogens (primary N) is 1. The Morgan fingerprint density at radius 2 is 1.75 bits per heavy atom. The average molecular weight is 406 g/mol. The van der Waals surface area contributed by atoms with Crippen molar-refractivity contribution in [1.82, 2.24) is 5.32 Å². The first-order valence-corrected chi connectivity index (χ1v) is 9.80. The maximum atomic E-state index is 12.2. The molecule has 2 aromatic rings. The van der Waals surface area contributed by atoms with Crippen molar-refractivity contribution in [2.24, 2.45) is 5.14 Å². The lowest BCUT2D eigenvalue weighted by Crippen LogP contribution is -2.36. The van der Waals surface area contributed by atoms with Crippen molar-refractivity contribution in [3.8, 4) is 5.75 Å². The van der Waals surface area contributed by atoms with Crippen molar-refractivity contribution in [3.05, 3.63) is 48.5 Å². The number of nitrogens with zero attached hydrogens (tertiary/aromatic N) is 1. The lowest BCUT2D eigenvalue weighted by molar-refractivity contribution is -0.125. The first kappa shape index (κ1) is 21.2. The molecule has 0 aliphatic rings. The summed E-state index contributed by atoms with van der Waals surface area (Å²) in [6, 6.07) is 12.9. The minimum Gasteiger partial charge on any atom is -0.484 e. The Bertz CT molecular complexity index is 946. The molecule has 0 heterocycles. The Morgan fingerprint density at radius 1 is 1.07 bits per heavy atom. The van der Waals surface area contributed by atoms with Crippen molar-refractivity contribution in [2.45, 2.75) is 4.90 Å². The number of ether oxygens (including phenoxy) is 1. The third-order valence-electron chi connectivity index (χ3n) is 3.61. The zero-order valence-electron chi connectivity index (χ0n) is 15.5. The zero-order chi connectivity index (χ0) is 20.7.